The highest BCUT2D eigenvalue weighted by atomic mass is 32.2. The van der Waals surface area contributed by atoms with Crippen molar-refractivity contribution in [3.05, 3.63) is 11.2 Å². The Morgan fingerprint density at radius 1 is 1.33 bits per heavy atom. The van der Waals surface area contributed by atoms with Crippen molar-refractivity contribution in [3.63, 3.8) is 0 Å². The van der Waals surface area contributed by atoms with Crippen LogP contribution in [0.15, 0.2) is 10.4 Å². The molecule has 2 heterocycles. The molecular weight excluding hydrogens is 296 g/mol. The van der Waals surface area contributed by atoms with Gasteiger partial charge in [-0.3, -0.25) is 0 Å². The molecule has 0 unspecified atom stereocenters. The summed E-state index contributed by atoms with van der Waals surface area (Å²) in [5, 5.41) is 0.677. The Morgan fingerprint density at radius 3 is 2.67 bits per heavy atom. The fraction of sp³-hybridized carbons (Fsp3) is 0.667. The van der Waals surface area contributed by atoms with Gasteiger partial charge < -0.3 is 0 Å². The zero-order chi connectivity index (χ0) is 13.4. The van der Waals surface area contributed by atoms with Crippen LogP contribution in [0.25, 0.3) is 0 Å². The molecule has 2 rings (SSSR count). The molecule has 9 heteroatoms. The van der Waals surface area contributed by atoms with Crippen molar-refractivity contribution in [2.45, 2.75) is 17.6 Å². The molecule has 0 aromatic carbocycles. The van der Waals surface area contributed by atoms with Crippen LogP contribution in [-0.2, 0) is 19.9 Å². The Bertz CT molecular complexity index is 633. The van der Waals surface area contributed by atoms with Crippen LogP contribution in [0.1, 0.15) is 11.4 Å². The van der Waals surface area contributed by atoms with Crippen LogP contribution in [0, 0.1) is 6.92 Å². The molecule has 0 bridgehead atoms. The summed E-state index contributed by atoms with van der Waals surface area (Å²) in [5.41, 5.74) is 0. The molecule has 0 amide bonds. The minimum Gasteiger partial charge on any atom is -0.249 e. The van der Waals surface area contributed by atoms with Gasteiger partial charge in [0.15, 0.2) is 14.0 Å². The molecule has 1 aliphatic heterocycles. The second kappa shape index (κ2) is 4.87. The predicted molar refractivity (Wildman–Crippen MR) is 68.9 cm³/mol. The first-order chi connectivity index (χ1) is 8.31. The Kier molecular flexibility index (Phi) is 3.77. The Labute approximate surface area is 111 Å². The fourth-order valence-electron chi connectivity index (χ4n) is 1.74. The molecule has 0 radical (unpaired) electrons. The maximum atomic E-state index is 12.3. The van der Waals surface area contributed by atoms with E-state index in [0.29, 0.717) is 11.4 Å². The highest BCUT2D eigenvalue weighted by molar-refractivity contribution is 7.92. The number of sulfonamides is 1. The SMILES string of the molecule is Cc1ncc(S(=O)(=O)N2CCCS(=O)(=O)CC2)s1. The van der Waals surface area contributed by atoms with Gasteiger partial charge in [-0.25, -0.2) is 21.8 Å². The maximum Gasteiger partial charge on any atom is 0.254 e. The number of aryl methyl sites for hydroxylation is 1. The summed E-state index contributed by atoms with van der Waals surface area (Å²) in [6.07, 6.45) is 1.67. The lowest BCUT2D eigenvalue weighted by molar-refractivity contribution is 0.436. The van der Waals surface area contributed by atoms with Gasteiger partial charge in [-0.05, 0) is 13.3 Å². The van der Waals surface area contributed by atoms with Gasteiger partial charge in [-0.15, -0.1) is 11.3 Å². The van der Waals surface area contributed by atoms with Gasteiger partial charge in [0.1, 0.15) is 0 Å². The van der Waals surface area contributed by atoms with Crippen LogP contribution in [0.5, 0.6) is 0 Å². The average Bonchev–Trinajstić information content (AvgIpc) is 2.61. The highest BCUT2D eigenvalue weighted by Gasteiger charge is 2.30. The zero-order valence-corrected chi connectivity index (χ0v) is 12.3. The minimum atomic E-state index is -3.59. The number of thiazole rings is 1. The molecule has 1 aromatic rings. The van der Waals surface area contributed by atoms with Crippen molar-refractivity contribution in [2.75, 3.05) is 24.6 Å². The molecule has 18 heavy (non-hydrogen) atoms. The second-order valence-corrected chi connectivity index (χ2v) is 9.81. The van der Waals surface area contributed by atoms with Gasteiger partial charge in [0.25, 0.3) is 10.0 Å². The average molecular weight is 310 g/mol. The number of nitrogens with zero attached hydrogens (tertiary/aromatic N) is 2. The molecule has 0 atom stereocenters. The fourth-order valence-corrected chi connectivity index (χ4v) is 5.87. The number of hydrogen-bond acceptors (Lipinski definition) is 6. The molecule has 1 saturated heterocycles. The van der Waals surface area contributed by atoms with E-state index in [9.17, 15) is 16.8 Å². The maximum absolute atomic E-state index is 12.3. The van der Waals surface area contributed by atoms with Crippen molar-refractivity contribution in [1.29, 1.82) is 0 Å². The monoisotopic (exact) mass is 310 g/mol. The second-order valence-electron chi connectivity index (χ2n) is 4.11. The first-order valence-corrected chi connectivity index (χ1v) is 9.52. The lowest BCUT2D eigenvalue weighted by Crippen LogP contribution is -2.33. The van der Waals surface area contributed by atoms with Crippen molar-refractivity contribution in [3.8, 4) is 0 Å². The van der Waals surface area contributed by atoms with Crippen molar-refractivity contribution < 1.29 is 16.8 Å². The van der Waals surface area contributed by atoms with Crippen molar-refractivity contribution in [2.24, 2.45) is 0 Å². The topological polar surface area (TPSA) is 84.4 Å². The summed E-state index contributed by atoms with van der Waals surface area (Å²) in [6, 6.07) is 0. The van der Waals surface area contributed by atoms with E-state index in [1.54, 1.807) is 6.92 Å². The van der Waals surface area contributed by atoms with Crippen LogP contribution in [-0.4, -0.2) is 50.7 Å². The van der Waals surface area contributed by atoms with Gasteiger partial charge in [0.05, 0.1) is 22.7 Å². The summed E-state index contributed by atoms with van der Waals surface area (Å²) in [6.45, 7) is 2.01. The van der Waals surface area contributed by atoms with E-state index in [1.807, 2.05) is 0 Å². The normalized spacial score (nSPS) is 21.6. The van der Waals surface area contributed by atoms with Crippen molar-refractivity contribution in [1.82, 2.24) is 9.29 Å². The smallest absolute Gasteiger partial charge is 0.249 e. The number of aromatic nitrogens is 1. The summed E-state index contributed by atoms with van der Waals surface area (Å²) in [4.78, 5) is 3.92. The number of hydrogen-bond donors (Lipinski definition) is 0. The Hall–Kier alpha value is -0.510. The molecule has 0 N–H and O–H groups in total. The largest absolute Gasteiger partial charge is 0.254 e. The molecule has 6 nitrogen and oxygen atoms in total. The molecular formula is C9H14N2O4S3. The van der Waals surface area contributed by atoms with Crippen LogP contribution < -0.4 is 0 Å². The van der Waals surface area contributed by atoms with Crippen molar-refractivity contribution >= 4 is 31.2 Å². The van der Waals surface area contributed by atoms with Gasteiger partial charge in [-0.1, -0.05) is 0 Å². The number of rotatable bonds is 2. The summed E-state index contributed by atoms with van der Waals surface area (Å²) in [7, 11) is -6.70. The van der Waals surface area contributed by atoms with E-state index >= 15 is 0 Å². The highest BCUT2D eigenvalue weighted by Crippen LogP contribution is 2.23. The molecule has 1 aromatic heterocycles. The van der Waals surface area contributed by atoms with E-state index in [0.717, 1.165) is 11.3 Å². The molecule has 0 aliphatic carbocycles. The van der Waals surface area contributed by atoms with E-state index in [1.165, 1.54) is 10.5 Å². The quantitative estimate of drug-likeness (QED) is 0.782. The molecule has 102 valence electrons. The standard InChI is InChI=1S/C9H14N2O4S3/c1-8-10-7-9(16-8)18(14,15)11-3-2-5-17(12,13)6-4-11/h7H,2-6H2,1H3. The van der Waals surface area contributed by atoms with Gasteiger partial charge in [0, 0.05) is 13.1 Å². The summed E-state index contributed by atoms with van der Waals surface area (Å²) < 4.78 is 48.9. The first kappa shape index (κ1) is 13.9. The molecule has 1 aliphatic rings. The first-order valence-electron chi connectivity index (χ1n) is 5.44. The van der Waals surface area contributed by atoms with E-state index in [4.69, 9.17) is 0 Å². The third-order valence-electron chi connectivity index (χ3n) is 2.71. The van der Waals surface area contributed by atoms with E-state index in [2.05, 4.69) is 4.98 Å². The van der Waals surface area contributed by atoms with Crippen LogP contribution in [0.2, 0.25) is 0 Å². The van der Waals surface area contributed by atoms with Crippen LogP contribution in [0.4, 0.5) is 0 Å². The summed E-state index contributed by atoms with van der Waals surface area (Å²) in [5.74, 6) is -0.0508. The van der Waals surface area contributed by atoms with Gasteiger partial charge in [0.2, 0.25) is 0 Å². The third kappa shape index (κ3) is 2.90. The zero-order valence-electron chi connectivity index (χ0n) is 9.87. The number of sulfone groups is 1. The van der Waals surface area contributed by atoms with E-state index in [-0.39, 0.29) is 28.8 Å². The van der Waals surface area contributed by atoms with Gasteiger partial charge in [-0.2, -0.15) is 4.31 Å². The Morgan fingerprint density at radius 2 is 2.06 bits per heavy atom. The third-order valence-corrected chi connectivity index (χ3v) is 7.67. The van der Waals surface area contributed by atoms with Gasteiger partial charge >= 0.3 is 0 Å². The minimum absolute atomic E-state index is 0.0294. The predicted octanol–water partition coefficient (Wildman–Crippen LogP) is 0.261. The van der Waals surface area contributed by atoms with Crippen LogP contribution >= 0.6 is 11.3 Å². The lowest BCUT2D eigenvalue weighted by Gasteiger charge is -2.17. The molecule has 0 spiro atoms. The Balaban J connectivity index is 2.26. The molecule has 0 saturated carbocycles. The van der Waals surface area contributed by atoms with Crippen LogP contribution in [0.3, 0.4) is 0 Å². The molecule has 1 fully saturated rings. The lowest BCUT2D eigenvalue weighted by atomic mass is 10.5. The van der Waals surface area contributed by atoms with E-state index < -0.39 is 19.9 Å². The summed E-state index contributed by atoms with van der Waals surface area (Å²) >= 11 is 1.10.